The maximum atomic E-state index is 12.3. The highest BCUT2D eigenvalue weighted by Crippen LogP contribution is 2.20. The van der Waals surface area contributed by atoms with Gasteiger partial charge < -0.3 is 15.6 Å². The first-order chi connectivity index (χ1) is 11.3. The van der Waals surface area contributed by atoms with Gasteiger partial charge in [0.1, 0.15) is 0 Å². The van der Waals surface area contributed by atoms with Crippen molar-refractivity contribution in [2.24, 2.45) is 0 Å². The lowest BCUT2D eigenvalue weighted by Crippen LogP contribution is -2.40. The number of hydrogen-bond acceptors (Lipinski definition) is 2. The fraction of sp³-hybridized carbons (Fsp3) is 0.250. The van der Waals surface area contributed by atoms with Crippen LogP contribution in [0.4, 0.5) is 5.69 Å². The van der Waals surface area contributed by atoms with Gasteiger partial charge in [0.25, 0.3) is 5.91 Å². The zero-order valence-corrected chi connectivity index (χ0v) is 14.3. The molecule has 0 saturated heterocycles. The molecule has 1 aromatic heterocycles. The molecule has 2 aromatic carbocycles. The Balaban J connectivity index is 1.85. The smallest absolute Gasteiger partial charge is 0.251 e. The molecule has 0 fully saturated rings. The third kappa shape index (κ3) is 3.59. The highest BCUT2D eigenvalue weighted by molar-refractivity contribution is 5.94. The van der Waals surface area contributed by atoms with Crippen molar-refractivity contribution in [2.45, 2.75) is 32.9 Å². The second-order valence-electron chi connectivity index (χ2n) is 7.17. The van der Waals surface area contributed by atoms with E-state index in [4.69, 9.17) is 5.73 Å². The second-order valence-corrected chi connectivity index (χ2v) is 7.17. The molecule has 3 rings (SSSR count). The van der Waals surface area contributed by atoms with Crippen LogP contribution in [0.1, 0.15) is 36.7 Å². The number of rotatable bonds is 3. The van der Waals surface area contributed by atoms with E-state index in [0.717, 1.165) is 22.2 Å². The van der Waals surface area contributed by atoms with Gasteiger partial charge in [0.2, 0.25) is 0 Å². The maximum absolute atomic E-state index is 12.3. The molecule has 0 bridgehead atoms. The standard InChI is InChI=1S/C20H23N3O/c1-20(2,3)22-19(24)16-6-4-5-14(11-16)13-23-10-9-15-12-17(21)7-8-18(15)23/h4-12H,13,21H2,1-3H3,(H,22,24). The van der Waals surface area contributed by atoms with Crippen LogP contribution in [0, 0.1) is 0 Å². The molecular weight excluding hydrogens is 298 g/mol. The van der Waals surface area contributed by atoms with Crippen molar-refractivity contribution in [1.82, 2.24) is 9.88 Å². The molecule has 0 radical (unpaired) electrons. The van der Waals surface area contributed by atoms with Crippen molar-refractivity contribution in [1.29, 1.82) is 0 Å². The van der Waals surface area contributed by atoms with Crippen LogP contribution in [0.5, 0.6) is 0 Å². The number of fused-ring (bicyclic) bond motifs is 1. The van der Waals surface area contributed by atoms with Gasteiger partial charge in [-0.2, -0.15) is 0 Å². The maximum Gasteiger partial charge on any atom is 0.251 e. The Hall–Kier alpha value is -2.75. The van der Waals surface area contributed by atoms with E-state index in [1.54, 1.807) is 0 Å². The highest BCUT2D eigenvalue weighted by Gasteiger charge is 2.15. The first kappa shape index (κ1) is 16.1. The summed E-state index contributed by atoms with van der Waals surface area (Å²) in [6, 6.07) is 15.7. The second kappa shape index (κ2) is 6.04. The Labute approximate surface area is 142 Å². The van der Waals surface area contributed by atoms with E-state index >= 15 is 0 Å². The lowest BCUT2D eigenvalue weighted by Gasteiger charge is -2.20. The average Bonchev–Trinajstić information content (AvgIpc) is 2.88. The SMILES string of the molecule is CC(C)(C)NC(=O)c1cccc(Cn2ccc3cc(N)ccc32)c1. The minimum Gasteiger partial charge on any atom is -0.399 e. The summed E-state index contributed by atoms with van der Waals surface area (Å²) < 4.78 is 2.16. The summed E-state index contributed by atoms with van der Waals surface area (Å²) in [5.41, 5.74) is 9.26. The summed E-state index contributed by atoms with van der Waals surface area (Å²) in [7, 11) is 0. The molecule has 3 aromatic rings. The summed E-state index contributed by atoms with van der Waals surface area (Å²) in [5, 5.41) is 4.12. The molecule has 0 unspecified atom stereocenters. The summed E-state index contributed by atoms with van der Waals surface area (Å²) in [6.45, 7) is 6.65. The molecule has 4 nitrogen and oxygen atoms in total. The quantitative estimate of drug-likeness (QED) is 0.721. The van der Waals surface area contributed by atoms with Crippen LogP contribution in [0.2, 0.25) is 0 Å². The van der Waals surface area contributed by atoms with Crippen molar-refractivity contribution in [3.8, 4) is 0 Å². The molecule has 0 saturated carbocycles. The van der Waals surface area contributed by atoms with Gasteiger partial charge in [-0.25, -0.2) is 0 Å². The number of carbonyl (C=O) groups excluding carboxylic acids is 1. The fourth-order valence-electron chi connectivity index (χ4n) is 2.78. The van der Waals surface area contributed by atoms with Gasteiger partial charge in [-0.15, -0.1) is 0 Å². The van der Waals surface area contributed by atoms with E-state index in [2.05, 4.69) is 16.0 Å². The molecule has 1 heterocycles. The van der Waals surface area contributed by atoms with Crippen molar-refractivity contribution >= 4 is 22.5 Å². The van der Waals surface area contributed by atoms with Gasteiger partial charge >= 0.3 is 0 Å². The van der Waals surface area contributed by atoms with Crippen molar-refractivity contribution in [3.63, 3.8) is 0 Å². The lowest BCUT2D eigenvalue weighted by atomic mass is 10.1. The zero-order valence-electron chi connectivity index (χ0n) is 14.3. The first-order valence-electron chi connectivity index (χ1n) is 8.08. The Morgan fingerprint density at radius 1 is 1.12 bits per heavy atom. The minimum atomic E-state index is -0.246. The third-order valence-electron chi connectivity index (χ3n) is 3.83. The molecular formula is C20H23N3O. The topological polar surface area (TPSA) is 60.0 Å². The van der Waals surface area contributed by atoms with Crippen molar-refractivity contribution in [3.05, 3.63) is 65.9 Å². The predicted molar refractivity (Wildman–Crippen MR) is 99.1 cm³/mol. The largest absolute Gasteiger partial charge is 0.399 e. The Morgan fingerprint density at radius 2 is 1.92 bits per heavy atom. The van der Waals surface area contributed by atoms with Crippen LogP contribution in [0.15, 0.2) is 54.7 Å². The molecule has 0 aliphatic carbocycles. The number of anilines is 1. The van der Waals surface area contributed by atoms with Gasteiger partial charge in [0.05, 0.1) is 0 Å². The van der Waals surface area contributed by atoms with Crippen LogP contribution in [0.25, 0.3) is 10.9 Å². The van der Waals surface area contributed by atoms with Crippen LogP contribution >= 0.6 is 0 Å². The van der Waals surface area contributed by atoms with E-state index < -0.39 is 0 Å². The lowest BCUT2D eigenvalue weighted by molar-refractivity contribution is 0.0919. The summed E-state index contributed by atoms with van der Waals surface area (Å²) >= 11 is 0. The van der Waals surface area contributed by atoms with Crippen LogP contribution < -0.4 is 11.1 Å². The van der Waals surface area contributed by atoms with Crippen molar-refractivity contribution in [2.75, 3.05) is 5.73 Å². The van der Waals surface area contributed by atoms with Crippen LogP contribution in [-0.4, -0.2) is 16.0 Å². The first-order valence-corrected chi connectivity index (χ1v) is 8.08. The average molecular weight is 321 g/mol. The monoisotopic (exact) mass is 321 g/mol. The van der Waals surface area contributed by atoms with E-state index in [1.807, 2.05) is 69.4 Å². The molecule has 0 aliphatic rings. The number of amides is 1. The van der Waals surface area contributed by atoms with Crippen molar-refractivity contribution < 1.29 is 4.79 Å². The molecule has 4 heteroatoms. The normalized spacial score (nSPS) is 11.6. The molecule has 0 aliphatic heterocycles. The number of carbonyl (C=O) groups is 1. The summed E-state index contributed by atoms with van der Waals surface area (Å²) in [4.78, 5) is 12.3. The Bertz CT molecular complexity index is 887. The Kier molecular flexibility index (Phi) is 4.06. The van der Waals surface area contributed by atoms with E-state index in [-0.39, 0.29) is 11.4 Å². The number of nitrogen functional groups attached to an aromatic ring is 1. The molecule has 1 amide bonds. The predicted octanol–water partition coefficient (Wildman–Crippen LogP) is 3.80. The number of nitrogens with one attached hydrogen (secondary N) is 1. The van der Waals surface area contributed by atoms with Gasteiger partial charge in [0.15, 0.2) is 0 Å². The Morgan fingerprint density at radius 3 is 2.67 bits per heavy atom. The molecule has 3 N–H and O–H groups in total. The van der Waals surface area contributed by atoms with Crippen LogP contribution in [-0.2, 0) is 6.54 Å². The van der Waals surface area contributed by atoms with Gasteiger partial charge in [0, 0.05) is 40.4 Å². The van der Waals surface area contributed by atoms with Gasteiger partial charge in [-0.3, -0.25) is 4.79 Å². The molecule has 124 valence electrons. The van der Waals surface area contributed by atoms with E-state index in [9.17, 15) is 4.79 Å². The highest BCUT2D eigenvalue weighted by atomic mass is 16.1. The van der Waals surface area contributed by atoms with Gasteiger partial charge in [-0.1, -0.05) is 12.1 Å². The van der Waals surface area contributed by atoms with E-state index in [1.165, 1.54) is 0 Å². The number of benzene rings is 2. The summed E-state index contributed by atoms with van der Waals surface area (Å²) in [5.74, 6) is -0.0468. The molecule has 0 spiro atoms. The molecule has 24 heavy (non-hydrogen) atoms. The summed E-state index contributed by atoms with van der Waals surface area (Å²) in [6.07, 6.45) is 2.05. The number of nitrogens with zero attached hydrogens (tertiary/aromatic N) is 1. The zero-order chi connectivity index (χ0) is 17.3. The molecule has 0 atom stereocenters. The number of aromatic nitrogens is 1. The van der Waals surface area contributed by atoms with E-state index in [0.29, 0.717) is 12.1 Å². The van der Waals surface area contributed by atoms with Crippen LogP contribution in [0.3, 0.4) is 0 Å². The third-order valence-corrected chi connectivity index (χ3v) is 3.83. The number of hydrogen-bond donors (Lipinski definition) is 2. The van der Waals surface area contributed by atoms with Gasteiger partial charge in [-0.05, 0) is 62.7 Å². The number of nitrogens with two attached hydrogens (primary N) is 1. The fourth-order valence-corrected chi connectivity index (χ4v) is 2.78. The minimum absolute atomic E-state index is 0.0468.